The van der Waals surface area contributed by atoms with E-state index in [1.165, 1.54) is 0 Å². The average Bonchev–Trinajstić information content (AvgIpc) is 2.69. The fraction of sp³-hybridized carbons (Fsp3) is 0.600. The second-order valence-electron chi connectivity index (χ2n) is 4.63. The average molecular weight is 408 g/mol. The number of alkyl halides is 5. The maximum atomic E-state index is 6.59. The third-order valence-electron chi connectivity index (χ3n) is 3.97. The van der Waals surface area contributed by atoms with Crippen LogP contribution in [0.1, 0.15) is 0 Å². The second-order valence-corrected chi connectivity index (χ2v) is 8.81. The summed E-state index contributed by atoms with van der Waals surface area (Å²) in [4.78, 5) is -2.63. The monoisotopic (exact) mass is 404 g/mol. The van der Waals surface area contributed by atoms with Crippen LogP contribution in [-0.2, 0) is 0 Å². The maximum absolute atomic E-state index is 6.59. The minimum atomic E-state index is -1.55. The van der Waals surface area contributed by atoms with E-state index in [4.69, 9.17) is 92.8 Å². The van der Waals surface area contributed by atoms with Gasteiger partial charge in [0.2, 0.25) is 0 Å². The van der Waals surface area contributed by atoms with Gasteiger partial charge < -0.3 is 0 Å². The smallest absolute Gasteiger partial charge is 0.116 e. The topological polar surface area (TPSA) is 0 Å². The summed E-state index contributed by atoms with van der Waals surface area (Å²) >= 11 is 50.6. The van der Waals surface area contributed by atoms with E-state index in [0.29, 0.717) is 5.03 Å². The first kappa shape index (κ1) is 14.7. The van der Waals surface area contributed by atoms with Crippen LogP contribution in [0.5, 0.6) is 0 Å². The lowest BCUT2D eigenvalue weighted by molar-refractivity contribution is 0.419. The van der Waals surface area contributed by atoms with E-state index in [2.05, 4.69) is 0 Å². The molecule has 0 aromatic rings. The summed E-state index contributed by atoms with van der Waals surface area (Å²) in [6, 6.07) is 0. The van der Waals surface area contributed by atoms with Gasteiger partial charge in [-0.2, -0.15) is 0 Å². The van der Waals surface area contributed by atoms with E-state index < -0.39 is 25.4 Å². The highest BCUT2D eigenvalue weighted by Gasteiger charge is 2.83. The van der Waals surface area contributed by atoms with Crippen molar-refractivity contribution >= 4 is 92.8 Å². The van der Waals surface area contributed by atoms with E-state index in [-0.39, 0.29) is 16.0 Å². The van der Waals surface area contributed by atoms with Gasteiger partial charge in [0.15, 0.2) is 4.33 Å². The van der Waals surface area contributed by atoms with Crippen molar-refractivity contribution in [1.29, 1.82) is 0 Å². The van der Waals surface area contributed by atoms with Gasteiger partial charge in [-0.25, -0.2) is 0 Å². The van der Waals surface area contributed by atoms with Crippen LogP contribution in [0.4, 0.5) is 0 Å². The lowest BCUT2D eigenvalue weighted by Gasteiger charge is -2.34. The number of hydrogen-bond donors (Lipinski definition) is 0. The van der Waals surface area contributed by atoms with E-state index in [1.807, 2.05) is 0 Å². The Morgan fingerprint density at radius 1 is 0.889 bits per heavy atom. The van der Waals surface area contributed by atoms with Gasteiger partial charge in [0.25, 0.3) is 0 Å². The number of hydrogen-bond acceptors (Lipinski definition) is 0. The molecule has 0 amide bonds. The minimum Gasteiger partial charge on any atom is -0.116 e. The minimum absolute atomic E-state index is 0.150. The standard InChI is InChI=1S/C10H4Cl8/c11-3-1-2-4(5(3)12)9(16)7(14)6(13)8(2,15)10(9,17)18/h1-2,4-5H/t2-,4+,5?,8-,9-/m1/s1. The molecule has 3 aliphatic carbocycles. The first-order chi connectivity index (χ1) is 8.11. The van der Waals surface area contributed by atoms with Gasteiger partial charge >= 0.3 is 0 Å². The molecule has 0 radical (unpaired) electrons. The maximum Gasteiger partial charge on any atom is 0.167 e. The first-order valence-corrected chi connectivity index (χ1v) is 8.03. The summed E-state index contributed by atoms with van der Waals surface area (Å²) in [6.07, 6.45) is 1.71. The molecule has 0 aliphatic heterocycles. The molecular weight excluding hydrogens is 404 g/mol. The van der Waals surface area contributed by atoms with Gasteiger partial charge in [-0.1, -0.05) is 64.1 Å². The summed E-state index contributed by atoms with van der Waals surface area (Å²) < 4.78 is -1.55. The third kappa shape index (κ3) is 1.23. The van der Waals surface area contributed by atoms with Crippen molar-refractivity contribution in [3.05, 3.63) is 21.2 Å². The zero-order valence-electron chi connectivity index (χ0n) is 8.33. The van der Waals surface area contributed by atoms with E-state index >= 15 is 0 Å². The van der Waals surface area contributed by atoms with Crippen LogP contribution in [0, 0.1) is 11.8 Å². The Labute approximate surface area is 144 Å². The van der Waals surface area contributed by atoms with Gasteiger partial charge in [0.05, 0.1) is 15.4 Å². The molecule has 0 saturated heterocycles. The number of halogens is 8. The Hall–Kier alpha value is 1.80. The van der Waals surface area contributed by atoms with Crippen molar-refractivity contribution in [2.75, 3.05) is 0 Å². The first-order valence-electron chi connectivity index (χ1n) is 4.95. The van der Waals surface area contributed by atoms with Gasteiger partial charge in [-0.15, -0.1) is 34.8 Å². The Balaban J connectivity index is 2.31. The fourth-order valence-electron chi connectivity index (χ4n) is 3.10. The summed E-state index contributed by atoms with van der Waals surface area (Å²) in [7, 11) is 0. The zero-order valence-corrected chi connectivity index (χ0v) is 14.4. The highest BCUT2D eigenvalue weighted by atomic mass is 35.5. The van der Waals surface area contributed by atoms with Gasteiger partial charge in [0, 0.05) is 16.9 Å². The van der Waals surface area contributed by atoms with Crippen molar-refractivity contribution in [3.8, 4) is 0 Å². The molecule has 0 heterocycles. The molecule has 0 aromatic carbocycles. The number of allylic oxidation sites excluding steroid dienone is 4. The second kappa shape index (κ2) is 3.96. The summed E-state index contributed by atoms with van der Waals surface area (Å²) in [5, 5.41) is 0.239. The molecule has 8 heteroatoms. The normalized spacial score (nSPS) is 52.9. The molecule has 3 aliphatic rings. The Kier molecular flexibility index (Phi) is 3.24. The van der Waals surface area contributed by atoms with E-state index in [9.17, 15) is 0 Å². The van der Waals surface area contributed by atoms with Crippen molar-refractivity contribution in [1.82, 2.24) is 0 Å². The van der Waals surface area contributed by atoms with Crippen LogP contribution in [0.2, 0.25) is 0 Å². The van der Waals surface area contributed by atoms with Crippen LogP contribution in [0.25, 0.3) is 0 Å². The summed E-state index contributed by atoms with van der Waals surface area (Å²) in [5.74, 6) is -0.743. The molecule has 1 unspecified atom stereocenters. The highest BCUT2D eigenvalue weighted by Crippen LogP contribution is 2.78. The molecule has 18 heavy (non-hydrogen) atoms. The lowest BCUT2D eigenvalue weighted by Crippen LogP contribution is -2.46. The molecule has 3 rings (SSSR count). The Morgan fingerprint density at radius 3 is 1.94 bits per heavy atom. The SMILES string of the molecule is ClC1=C[C@@H]2[C@@H](C1Cl)[C@@]1(Cl)C(Cl)=C(Cl)[C@@]2(Cl)C1(Cl)Cl. The predicted octanol–water partition coefficient (Wildman–Crippen LogP) is 5.81. The largest absolute Gasteiger partial charge is 0.167 e. The molecule has 0 spiro atoms. The van der Waals surface area contributed by atoms with E-state index in [0.717, 1.165) is 0 Å². The van der Waals surface area contributed by atoms with Crippen LogP contribution in [0.3, 0.4) is 0 Å². The van der Waals surface area contributed by atoms with Crippen LogP contribution in [-0.4, -0.2) is 19.5 Å². The van der Waals surface area contributed by atoms with Gasteiger partial charge in [-0.3, -0.25) is 0 Å². The van der Waals surface area contributed by atoms with Crippen LogP contribution >= 0.6 is 92.8 Å². The quantitative estimate of drug-likeness (QED) is 0.445. The molecule has 1 saturated carbocycles. The van der Waals surface area contributed by atoms with Crippen molar-refractivity contribution in [2.45, 2.75) is 19.5 Å². The molecule has 1 fully saturated rings. The highest BCUT2D eigenvalue weighted by molar-refractivity contribution is 6.66. The molecule has 5 atom stereocenters. The predicted molar refractivity (Wildman–Crippen MR) is 80.9 cm³/mol. The molecule has 0 N–H and O–H groups in total. The molecule has 2 bridgehead atoms. The number of fused-ring (bicyclic) bond motifs is 5. The summed E-state index contributed by atoms with van der Waals surface area (Å²) in [6.45, 7) is 0. The van der Waals surface area contributed by atoms with Gasteiger partial charge in [-0.05, 0) is 0 Å². The number of rotatable bonds is 0. The summed E-state index contributed by atoms with van der Waals surface area (Å²) in [5.41, 5.74) is 0. The lowest BCUT2D eigenvalue weighted by atomic mass is 9.84. The Bertz CT molecular complexity index is 508. The Morgan fingerprint density at radius 2 is 1.39 bits per heavy atom. The molecule has 0 aromatic heterocycles. The fourth-order valence-corrected chi connectivity index (χ4v) is 6.86. The zero-order chi connectivity index (χ0) is 13.7. The van der Waals surface area contributed by atoms with Crippen molar-refractivity contribution in [3.63, 3.8) is 0 Å². The van der Waals surface area contributed by atoms with Gasteiger partial charge in [0.1, 0.15) is 9.75 Å². The molecule has 100 valence electrons. The van der Waals surface area contributed by atoms with Crippen molar-refractivity contribution in [2.24, 2.45) is 11.8 Å². The molecule has 0 nitrogen and oxygen atoms in total. The van der Waals surface area contributed by atoms with Crippen LogP contribution < -0.4 is 0 Å². The van der Waals surface area contributed by atoms with Crippen LogP contribution in [0.15, 0.2) is 21.2 Å². The van der Waals surface area contributed by atoms with Crippen molar-refractivity contribution < 1.29 is 0 Å². The third-order valence-corrected chi connectivity index (χ3v) is 9.24. The van der Waals surface area contributed by atoms with E-state index in [1.54, 1.807) is 6.08 Å². The molecular formula is C10H4Cl8.